The average molecular weight is 462 g/mol. The summed E-state index contributed by atoms with van der Waals surface area (Å²) >= 11 is 0. The Morgan fingerprint density at radius 2 is 2.03 bits per heavy atom. The van der Waals surface area contributed by atoms with Crippen molar-refractivity contribution in [2.75, 3.05) is 24.7 Å². The van der Waals surface area contributed by atoms with Crippen LogP contribution in [-0.2, 0) is 9.84 Å². The Morgan fingerprint density at radius 1 is 1.15 bits per heavy atom. The zero-order valence-electron chi connectivity index (χ0n) is 17.8. The quantitative estimate of drug-likeness (QED) is 0.436. The molecule has 33 heavy (non-hydrogen) atoms. The second-order valence-electron chi connectivity index (χ2n) is 7.80. The van der Waals surface area contributed by atoms with Gasteiger partial charge in [-0.15, -0.1) is 0 Å². The van der Waals surface area contributed by atoms with Gasteiger partial charge in [-0.2, -0.15) is 10.2 Å². The molecular formula is C22H19N7O3S. The van der Waals surface area contributed by atoms with Crippen LogP contribution in [0.1, 0.15) is 5.69 Å². The van der Waals surface area contributed by atoms with E-state index in [-0.39, 0.29) is 10.6 Å². The van der Waals surface area contributed by atoms with Crippen LogP contribution in [0.3, 0.4) is 0 Å². The van der Waals surface area contributed by atoms with E-state index in [1.165, 1.54) is 0 Å². The van der Waals surface area contributed by atoms with Crippen molar-refractivity contribution in [2.24, 2.45) is 0 Å². The van der Waals surface area contributed by atoms with E-state index in [0.717, 1.165) is 22.2 Å². The number of benzene rings is 1. The lowest BCUT2D eigenvalue weighted by Gasteiger charge is -2.21. The van der Waals surface area contributed by atoms with Crippen molar-refractivity contribution in [2.45, 2.75) is 11.8 Å². The summed E-state index contributed by atoms with van der Waals surface area (Å²) in [6.45, 7) is 2.25. The molecule has 10 nitrogen and oxygen atoms in total. The Kier molecular flexibility index (Phi) is 4.18. The van der Waals surface area contributed by atoms with Gasteiger partial charge >= 0.3 is 0 Å². The highest BCUT2D eigenvalue weighted by atomic mass is 32.2. The minimum atomic E-state index is -3.40. The molecule has 0 spiro atoms. The van der Waals surface area contributed by atoms with Gasteiger partial charge in [0.2, 0.25) is 0 Å². The second kappa shape index (κ2) is 7.01. The number of aryl methyl sites for hydroxylation is 1. The Labute approximate surface area is 188 Å². The van der Waals surface area contributed by atoms with E-state index in [1.807, 2.05) is 25.3 Å². The van der Waals surface area contributed by atoms with Crippen molar-refractivity contribution in [3.63, 3.8) is 0 Å². The molecule has 0 amide bonds. The summed E-state index contributed by atoms with van der Waals surface area (Å²) < 4.78 is 34.5. The number of hydrogen-bond donors (Lipinski definition) is 1. The molecule has 4 aromatic heterocycles. The normalized spacial score (nSPS) is 14.8. The number of nitrogens with zero attached hydrogens (tertiary/aromatic N) is 6. The first-order chi connectivity index (χ1) is 16.0. The SMILES string of the molecule is COc1cc2c(cc1-n1nc(C)c3cnc(-c4cnn5cccnc45)cc31)S(=O)(=O)CCN2. The third kappa shape index (κ3) is 2.96. The Bertz CT molecular complexity index is 1670. The highest BCUT2D eigenvalue weighted by Crippen LogP contribution is 2.37. The van der Waals surface area contributed by atoms with Gasteiger partial charge in [0.05, 0.1) is 52.1 Å². The molecule has 166 valence electrons. The van der Waals surface area contributed by atoms with Crippen LogP contribution >= 0.6 is 0 Å². The molecule has 0 fully saturated rings. The maximum atomic E-state index is 12.7. The number of anilines is 1. The van der Waals surface area contributed by atoms with Crippen molar-refractivity contribution in [1.29, 1.82) is 0 Å². The van der Waals surface area contributed by atoms with Crippen LogP contribution in [0.2, 0.25) is 0 Å². The number of rotatable bonds is 3. The third-order valence-corrected chi connectivity index (χ3v) is 7.59. The van der Waals surface area contributed by atoms with Crippen LogP contribution < -0.4 is 10.1 Å². The van der Waals surface area contributed by atoms with Crippen LogP contribution in [0.4, 0.5) is 5.69 Å². The number of methoxy groups -OCH3 is 1. The van der Waals surface area contributed by atoms with E-state index in [2.05, 4.69) is 20.4 Å². The van der Waals surface area contributed by atoms with E-state index in [4.69, 9.17) is 9.84 Å². The molecule has 0 unspecified atom stereocenters. The molecule has 5 aromatic rings. The molecule has 1 N–H and O–H groups in total. The summed E-state index contributed by atoms with van der Waals surface area (Å²) in [4.78, 5) is 9.28. The van der Waals surface area contributed by atoms with Crippen LogP contribution in [0.25, 0.3) is 33.5 Å². The lowest BCUT2D eigenvalue weighted by atomic mass is 10.1. The topological polar surface area (TPSA) is 116 Å². The molecule has 1 aromatic carbocycles. The summed E-state index contributed by atoms with van der Waals surface area (Å²) in [5, 5.41) is 13.0. The molecule has 0 radical (unpaired) electrons. The van der Waals surface area contributed by atoms with Gasteiger partial charge in [0, 0.05) is 36.6 Å². The van der Waals surface area contributed by atoms with Crippen molar-refractivity contribution < 1.29 is 13.2 Å². The summed E-state index contributed by atoms with van der Waals surface area (Å²) in [6, 6.07) is 7.05. The van der Waals surface area contributed by atoms with E-state index < -0.39 is 9.84 Å². The van der Waals surface area contributed by atoms with Crippen LogP contribution in [-0.4, -0.2) is 57.2 Å². The number of hydrogen-bond acceptors (Lipinski definition) is 8. The Balaban J connectivity index is 1.60. The highest BCUT2D eigenvalue weighted by molar-refractivity contribution is 7.91. The van der Waals surface area contributed by atoms with Gasteiger partial charge in [0.25, 0.3) is 0 Å². The number of sulfone groups is 1. The lowest BCUT2D eigenvalue weighted by molar-refractivity contribution is 0.412. The number of pyridine rings is 1. The predicted octanol–water partition coefficient (Wildman–Crippen LogP) is 2.65. The highest BCUT2D eigenvalue weighted by Gasteiger charge is 2.27. The number of nitrogens with one attached hydrogen (secondary N) is 1. The first-order valence-electron chi connectivity index (χ1n) is 10.3. The molecular weight excluding hydrogens is 442 g/mol. The Morgan fingerprint density at radius 3 is 2.88 bits per heavy atom. The monoisotopic (exact) mass is 461 g/mol. The predicted molar refractivity (Wildman–Crippen MR) is 123 cm³/mol. The third-order valence-electron chi connectivity index (χ3n) is 5.84. The Hall–Kier alpha value is -3.99. The van der Waals surface area contributed by atoms with Crippen LogP contribution in [0.15, 0.2) is 53.9 Å². The number of fused-ring (bicyclic) bond motifs is 3. The smallest absolute Gasteiger partial charge is 0.182 e. The standard InChI is InChI=1S/C22H19N7O3S/c1-13-14-11-25-16(15-12-26-28-6-3-4-24-22(15)28)8-18(14)29(27-13)19-10-21-17(9-20(19)32-2)23-5-7-33(21,30)31/h3-4,6,8-12,23H,5,7H2,1-2H3. The van der Waals surface area contributed by atoms with E-state index in [0.29, 0.717) is 35.0 Å². The maximum Gasteiger partial charge on any atom is 0.182 e. The van der Waals surface area contributed by atoms with Gasteiger partial charge in [-0.05, 0) is 25.1 Å². The van der Waals surface area contributed by atoms with Crippen LogP contribution in [0, 0.1) is 6.92 Å². The summed E-state index contributed by atoms with van der Waals surface area (Å²) in [7, 11) is -1.85. The molecule has 6 rings (SSSR count). The van der Waals surface area contributed by atoms with Crippen molar-refractivity contribution >= 4 is 32.1 Å². The van der Waals surface area contributed by atoms with Crippen molar-refractivity contribution in [3.8, 4) is 22.7 Å². The summed E-state index contributed by atoms with van der Waals surface area (Å²) in [5.41, 5.74) is 4.77. The van der Waals surface area contributed by atoms with Crippen molar-refractivity contribution in [1.82, 2.24) is 29.4 Å². The minimum absolute atomic E-state index is 0.0421. The second-order valence-corrected chi connectivity index (χ2v) is 9.87. The fourth-order valence-electron chi connectivity index (χ4n) is 4.20. The van der Waals surface area contributed by atoms with Gasteiger partial charge in [-0.3, -0.25) is 4.98 Å². The average Bonchev–Trinajstić information content (AvgIpc) is 3.39. The summed E-state index contributed by atoms with van der Waals surface area (Å²) in [6.07, 6.45) is 7.02. The van der Waals surface area contributed by atoms with Gasteiger partial charge < -0.3 is 10.1 Å². The van der Waals surface area contributed by atoms with Gasteiger partial charge in [0.15, 0.2) is 15.5 Å². The first-order valence-corrected chi connectivity index (χ1v) is 11.9. The van der Waals surface area contributed by atoms with Crippen LogP contribution in [0.5, 0.6) is 5.75 Å². The van der Waals surface area contributed by atoms with Gasteiger partial charge in [-0.25, -0.2) is 22.6 Å². The molecule has 5 heterocycles. The summed E-state index contributed by atoms with van der Waals surface area (Å²) in [5.74, 6) is 0.555. The van der Waals surface area contributed by atoms with E-state index in [9.17, 15) is 8.42 Å². The molecule has 0 saturated carbocycles. The first kappa shape index (κ1) is 19.7. The lowest BCUT2D eigenvalue weighted by Crippen LogP contribution is -2.23. The number of ether oxygens (including phenoxy) is 1. The molecule has 0 aliphatic carbocycles. The molecule has 1 aliphatic heterocycles. The molecule has 0 bridgehead atoms. The van der Waals surface area contributed by atoms with Gasteiger partial charge in [0.1, 0.15) is 11.4 Å². The minimum Gasteiger partial charge on any atom is -0.494 e. The molecule has 11 heteroatoms. The molecule has 0 saturated heterocycles. The van der Waals surface area contributed by atoms with E-state index in [1.54, 1.807) is 47.0 Å². The maximum absolute atomic E-state index is 12.7. The fraction of sp³-hybridized carbons (Fsp3) is 0.182. The molecule has 1 aliphatic rings. The largest absolute Gasteiger partial charge is 0.494 e. The zero-order chi connectivity index (χ0) is 22.7. The van der Waals surface area contributed by atoms with Crippen molar-refractivity contribution in [3.05, 3.63) is 54.7 Å². The fourth-order valence-corrected chi connectivity index (χ4v) is 5.55. The zero-order valence-corrected chi connectivity index (χ0v) is 18.7. The van der Waals surface area contributed by atoms with E-state index >= 15 is 0 Å². The number of aromatic nitrogens is 6. The molecule has 0 atom stereocenters. The van der Waals surface area contributed by atoms with Gasteiger partial charge in [-0.1, -0.05) is 0 Å².